The first-order chi connectivity index (χ1) is 9.65. The standard InChI is InChI=1S/C16H20N2O2/c1-18(15-8-4-13(11-19)5-9-15)16(20)14-6-2-12(10-17)3-7-14/h2-3,6-7,13,15,19H,4-5,8-9,11H2,1H3. The molecule has 0 unspecified atom stereocenters. The fourth-order valence-electron chi connectivity index (χ4n) is 2.77. The number of benzene rings is 1. The fourth-order valence-corrected chi connectivity index (χ4v) is 2.77. The highest BCUT2D eigenvalue weighted by molar-refractivity contribution is 5.94. The second-order valence-electron chi connectivity index (χ2n) is 5.46. The van der Waals surface area contributed by atoms with Crippen LogP contribution in [0.2, 0.25) is 0 Å². The number of aliphatic hydroxyl groups is 1. The maximum atomic E-state index is 12.4. The molecule has 1 aromatic carbocycles. The Bertz CT molecular complexity index is 496. The highest BCUT2D eigenvalue weighted by atomic mass is 16.3. The van der Waals surface area contributed by atoms with Crippen molar-refractivity contribution in [2.24, 2.45) is 5.92 Å². The van der Waals surface area contributed by atoms with Crippen LogP contribution in [0.4, 0.5) is 0 Å². The van der Waals surface area contributed by atoms with Crippen molar-refractivity contribution in [3.05, 3.63) is 35.4 Å². The summed E-state index contributed by atoms with van der Waals surface area (Å²) in [7, 11) is 1.84. The van der Waals surface area contributed by atoms with Crippen LogP contribution in [0, 0.1) is 17.2 Å². The van der Waals surface area contributed by atoms with Gasteiger partial charge in [0.25, 0.3) is 5.91 Å². The lowest BCUT2D eigenvalue weighted by Gasteiger charge is -2.34. The van der Waals surface area contributed by atoms with Crippen molar-refractivity contribution < 1.29 is 9.90 Å². The van der Waals surface area contributed by atoms with Gasteiger partial charge in [-0.05, 0) is 55.9 Å². The van der Waals surface area contributed by atoms with Crippen LogP contribution in [0.5, 0.6) is 0 Å². The van der Waals surface area contributed by atoms with Gasteiger partial charge in [0.15, 0.2) is 0 Å². The summed E-state index contributed by atoms with van der Waals surface area (Å²) in [5.74, 6) is 0.395. The Morgan fingerprint density at radius 1 is 1.30 bits per heavy atom. The lowest BCUT2D eigenvalue weighted by atomic mass is 9.86. The lowest BCUT2D eigenvalue weighted by molar-refractivity contribution is 0.0653. The second-order valence-corrected chi connectivity index (χ2v) is 5.46. The molecular formula is C16H20N2O2. The molecule has 4 heteroatoms. The largest absolute Gasteiger partial charge is 0.396 e. The van der Waals surface area contributed by atoms with Crippen LogP contribution < -0.4 is 0 Å². The summed E-state index contributed by atoms with van der Waals surface area (Å²) in [6.45, 7) is 0.250. The van der Waals surface area contributed by atoms with Gasteiger partial charge in [0.2, 0.25) is 0 Å². The Labute approximate surface area is 119 Å². The Kier molecular flexibility index (Phi) is 4.75. The van der Waals surface area contributed by atoms with Gasteiger partial charge in [0, 0.05) is 25.3 Å². The van der Waals surface area contributed by atoms with Gasteiger partial charge in [-0.3, -0.25) is 4.79 Å². The predicted molar refractivity (Wildman–Crippen MR) is 76.1 cm³/mol. The summed E-state index contributed by atoms with van der Waals surface area (Å²) >= 11 is 0. The van der Waals surface area contributed by atoms with E-state index in [-0.39, 0.29) is 18.6 Å². The highest BCUT2D eigenvalue weighted by Crippen LogP contribution is 2.27. The number of carbonyl (C=O) groups is 1. The van der Waals surface area contributed by atoms with Gasteiger partial charge in [0.05, 0.1) is 11.6 Å². The van der Waals surface area contributed by atoms with E-state index in [1.54, 1.807) is 29.2 Å². The average molecular weight is 272 g/mol. The molecule has 0 spiro atoms. The van der Waals surface area contributed by atoms with Crippen molar-refractivity contribution in [2.45, 2.75) is 31.7 Å². The maximum absolute atomic E-state index is 12.4. The van der Waals surface area contributed by atoms with Crippen molar-refractivity contribution >= 4 is 5.91 Å². The van der Waals surface area contributed by atoms with E-state index in [9.17, 15) is 4.79 Å². The average Bonchev–Trinajstić information content (AvgIpc) is 2.53. The summed E-state index contributed by atoms with van der Waals surface area (Å²) in [4.78, 5) is 14.2. The minimum atomic E-state index is 0.00179. The normalized spacial score (nSPS) is 22.1. The van der Waals surface area contributed by atoms with Crippen molar-refractivity contribution in [1.82, 2.24) is 4.90 Å². The van der Waals surface area contributed by atoms with E-state index in [4.69, 9.17) is 10.4 Å². The minimum Gasteiger partial charge on any atom is -0.396 e. The number of aliphatic hydroxyl groups excluding tert-OH is 1. The topological polar surface area (TPSA) is 64.3 Å². The molecule has 0 aliphatic heterocycles. The molecule has 0 atom stereocenters. The molecule has 0 saturated heterocycles. The van der Waals surface area contributed by atoms with Gasteiger partial charge < -0.3 is 10.0 Å². The molecule has 0 aromatic heterocycles. The molecule has 106 valence electrons. The third kappa shape index (κ3) is 3.17. The van der Waals surface area contributed by atoms with E-state index >= 15 is 0 Å². The smallest absolute Gasteiger partial charge is 0.253 e. The van der Waals surface area contributed by atoms with Gasteiger partial charge >= 0.3 is 0 Å². The van der Waals surface area contributed by atoms with Crippen LogP contribution in [0.3, 0.4) is 0 Å². The van der Waals surface area contributed by atoms with Crippen LogP contribution in [0.15, 0.2) is 24.3 Å². The van der Waals surface area contributed by atoms with Gasteiger partial charge in [-0.25, -0.2) is 0 Å². The summed E-state index contributed by atoms with van der Waals surface area (Å²) in [5.41, 5.74) is 1.18. The molecule has 4 nitrogen and oxygen atoms in total. The first kappa shape index (κ1) is 14.5. The van der Waals surface area contributed by atoms with E-state index in [0.29, 0.717) is 17.0 Å². The van der Waals surface area contributed by atoms with Crippen molar-refractivity contribution in [3.63, 3.8) is 0 Å². The Balaban J connectivity index is 1.99. The van der Waals surface area contributed by atoms with Crippen molar-refractivity contribution in [2.75, 3.05) is 13.7 Å². The van der Waals surface area contributed by atoms with Crippen LogP contribution in [-0.4, -0.2) is 35.6 Å². The van der Waals surface area contributed by atoms with Gasteiger partial charge in [0.1, 0.15) is 0 Å². The Morgan fingerprint density at radius 3 is 2.40 bits per heavy atom. The minimum absolute atomic E-state index is 0.00179. The van der Waals surface area contributed by atoms with Gasteiger partial charge in [-0.1, -0.05) is 0 Å². The lowest BCUT2D eigenvalue weighted by Crippen LogP contribution is -2.39. The summed E-state index contributed by atoms with van der Waals surface area (Å²) in [6, 6.07) is 9.05. The van der Waals surface area contributed by atoms with Crippen molar-refractivity contribution in [1.29, 1.82) is 5.26 Å². The molecule has 1 aliphatic carbocycles. The summed E-state index contributed by atoms with van der Waals surface area (Å²) < 4.78 is 0. The number of hydrogen-bond donors (Lipinski definition) is 1. The third-order valence-corrected chi connectivity index (χ3v) is 4.20. The third-order valence-electron chi connectivity index (χ3n) is 4.20. The molecule has 1 aliphatic rings. The molecule has 1 amide bonds. The molecule has 0 radical (unpaired) electrons. The van der Waals surface area contributed by atoms with Crippen LogP contribution in [-0.2, 0) is 0 Å². The molecule has 1 aromatic rings. The zero-order valence-electron chi connectivity index (χ0n) is 11.7. The molecular weight excluding hydrogens is 252 g/mol. The zero-order valence-corrected chi connectivity index (χ0v) is 11.7. The molecule has 20 heavy (non-hydrogen) atoms. The monoisotopic (exact) mass is 272 g/mol. The van der Waals surface area contributed by atoms with E-state index in [1.165, 1.54) is 0 Å². The summed E-state index contributed by atoms with van der Waals surface area (Å²) in [6.07, 6.45) is 3.85. The molecule has 2 rings (SSSR count). The number of nitriles is 1. The molecule has 0 heterocycles. The number of carbonyl (C=O) groups excluding carboxylic acids is 1. The molecule has 1 N–H and O–H groups in total. The maximum Gasteiger partial charge on any atom is 0.253 e. The van der Waals surface area contributed by atoms with Gasteiger partial charge in [-0.15, -0.1) is 0 Å². The summed E-state index contributed by atoms with van der Waals surface area (Å²) in [5, 5.41) is 17.9. The molecule has 0 bridgehead atoms. The predicted octanol–water partition coefficient (Wildman–Crippen LogP) is 2.18. The first-order valence-corrected chi connectivity index (χ1v) is 7.04. The first-order valence-electron chi connectivity index (χ1n) is 7.04. The second kappa shape index (κ2) is 6.53. The highest BCUT2D eigenvalue weighted by Gasteiger charge is 2.26. The van der Waals surface area contributed by atoms with E-state index in [0.717, 1.165) is 25.7 Å². The van der Waals surface area contributed by atoms with Crippen LogP contribution >= 0.6 is 0 Å². The number of hydrogen-bond acceptors (Lipinski definition) is 3. The van der Waals surface area contributed by atoms with Crippen molar-refractivity contribution in [3.8, 4) is 6.07 Å². The Morgan fingerprint density at radius 2 is 1.90 bits per heavy atom. The fraction of sp³-hybridized carbons (Fsp3) is 0.500. The zero-order chi connectivity index (χ0) is 14.5. The Hall–Kier alpha value is -1.86. The van der Waals surface area contributed by atoms with Crippen LogP contribution in [0.25, 0.3) is 0 Å². The number of nitrogens with zero attached hydrogens (tertiary/aromatic N) is 2. The van der Waals surface area contributed by atoms with E-state index in [1.807, 2.05) is 13.1 Å². The SMILES string of the molecule is CN(C(=O)c1ccc(C#N)cc1)C1CCC(CO)CC1. The van der Waals surface area contributed by atoms with Gasteiger partial charge in [-0.2, -0.15) is 5.26 Å². The number of amides is 1. The molecule has 1 saturated carbocycles. The number of rotatable bonds is 3. The van der Waals surface area contributed by atoms with E-state index < -0.39 is 0 Å². The van der Waals surface area contributed by atoms with Crippen LogP contribution in [0.1, 0.15) is 41.6 Å². The van der Waals surface area contributed by atoms with E-state index in [2.05, 4.69) is 0 Å². The molecule has 1 fully saturated rings. The quantitative estimate of drug-likeness (QED) is 0.917.